The highest BCUT2D eigenvalue weighted by atomic mass is 16.5. The normalized spacial score (nSPS) is 9.81. The van der Waals surface area contributed by atoms with Crippen molar-refractivity contribution in [2.24, 2.45) is 0 Å². The van der Waals surface area contributed by atoms with Crippen molar-refractivity contribution in [3.8, 4) is 5.75 Å². The molecule has 0 N–H and O–H groups in total. The molecule has 0 radical (unpaired) electrons. The van der Waals surface area contributed by atoms with Crippen LogP contribution in [-0.2, 0) is 4.79 Å². The second kappa shape index (κ2) is 5.90. The van der Waals surface area contributed by atoms with E-state index in [1.54, 1.807) is 0 Å². The fourth-order valence-corrected chi connectivity index (χ4v) is 1.16. The van der Waals surface area contributed by atoms with E-state index in [2.05, 4.69) is 0 Å². The Labute approximate surface area is 93.9 Å². The molecule has 1 aromatic rings. The third-order valence-electron chi connectivity index (χ3n) is 2.06. The zero-order valence-electron chi connectivity index (χ0n) is 9.06. The van der Waals surface area contributed by atoms with Crippen LogP contribution >= 0.6 is 0 Å². The fraction of sp³-hybridized carbons (Fsp3) is 0.333. The number of benzene rings is 1. The Kier molecular flexibility index (Phi) is 4.51. The van der Waals surface area contributed by atoms with Gasteiger partial charge in [0.15, 0.2) is 0 Å². The summed E-state index contributed by atoms with van der Waals surface area (Å²) in [6, 6.07) is 5.57. The number of carboxylic acids is 1. The van der Waals surface area contributed by atoms with Crippen molar-refractivity contribution in [2.45, 2.75) is 26.2 Å². The van der Waals surface area contributed by atoms with Gasteiger partial charge >= 0.3 is 5.97 Å². The molecule has 4 nitrogen and oxygen atoms in total. The van der Waals surface area contributed by atoms with Gasteiger partial charge in [0.2, 0.25) is 0 Å². The van der Waals surface area contributed by atoms with E-state index in [1.807, 2.05) is 6.92 Å². The standard InChI is InChI=1S/C12H14O4/c1-2-3-4-11(13)16-10-7-5-9(6-8-10)12(14)15/h5-8H,2-4H2,1H3,(H,14,15)/p-1. The molecule has 1 rings (SSSR count). The van der Waals surface area contributed by atoms with E-state index in [4.69, 9.17) is 4.74 Å². The Bertz CT molecular complexity index is 367. The summed E-state index contributed by atoms with van der Waals surface area (Å²) in [6.07, 6.45) is 2.09. The van der Waals surface area contributed by atoms with Crippen molar-refractivity contribution in [3.05, 3.63) is 29.8 Å². The van der Waals surface area contributed by atoms with E-state index >= 15 is 0 Å². The SMILES string of the molecule is CCCCC(=O)Oc1ccc(C(=O)[O-])cc1. The van der Waals surface area contributed by atoms with Crippen LogP contribution in [0.5, 0.6) is 5.75 Å². The maximum atomic E-state index is 11.2. The van der Waals surface area contributed by atoms with Crippen LogP contribution in [0.4, 0.5) is 0 Å². The zero-order chi connectivity index (χ0) is 12.0. The van der Waals surface area contributed by atoms with Crippen molar-refractivity contribution >= 4 is 11.9 Å². The molecule has 0 aliphatic heterocycles. The second-order valence-corrected chi connectivity index (χ2v) is 3.39. The van der Waals surface area contributed by atoms with Gasteiger partial charge in [-0.05, 0) is 36.2 Å². The predicted molar refractivity (Wildman–Crippen MR) is 55.9 cm³/mol. The summed E-state index contributed by atoms with van der Waals surface area (Å²) < 4.78 is 5.00. The van der Waals surface area contributed by atoms with Crippen LogP contribution in [0, 0.1) is 0 Å². The van der Waals surface area contributed by atoms with Gasteiger partial charge < -0.3 is 14.6 Å². The van der Waals surface area contributed by atoms with Crippen molar-refractivity contribution in [2.75, 3.05) is 0 Å². The highest BCUT2D eigenvalue weighted by Crippen LogP contribution is 2.13. The van der Waals surface area contributed by atoms with Crippen LogP contribution in [0.15, 0.2) is 24.3 Å². The minimum absolute atomic E-state index is 0.0633. The monoisotopic (exact) mass is 221 g/mol. The molecule has 0 unspecified atom stereocenters. The number of hydrogen-bond donors (Lipinski definition) is 0. The van der Waals surface area contributed by atoms with E-state index < -0.39 is 5.97 Å². The number of carbonyl (C=O) groups is 2. The lowest BCUT2D eigenvalue weighted by Crippen LogP contribution is -2.22. The highest BCUT2D eigenvalue weighted by molar-refractivity contribution is 5.86. The average molecular weight is 221 g/mol. The molecule has 0 saturated carbocycles. The minimum atomic E-state index is -1.25. The van der Waals surface area contributed by atoms with Gasteiger partial charge in [-0.25, -0.2) is 0 Å². The third kappa shape index (κ3) is 3.73. The lowest BCUT2D eigenvalue weighted by Gasteiger charge is -2.05. The number of aromatic carboxylic acids is 1. The summed E-state index contributed by atoms with van der Waals surface area (Å²) in [4.78, 5) is 21.7. The Morgan fingerprint density at radius 3 is 2.38 bits per heavy atom. The molecular weight excluding hydrogens is 208 g/mol. The van der Waals surface area contributed by atoms with Crippen molar-refractivity contribution in [1.82, 2.24) is 0 Å². The molecule has 0 atom stereocenters. The van der Waals surface area contributed by atoms with Crippen LogP contribution < -0.4 is 9.84 Å². The fourth-order valence-electron chi connectivity index (χ4n) is 1.16. The molecular formula is C12H13O4-. The number of ether oxygens (including phenoxy) is 1. The molecule has 0 saturated heterocycles. The first-order valence-corrected chi connectivity index (χ1v) is 5.15. The average Bonchev–Trinajstić information content (AvgIpc) is 2.27. The van der Waals surface area contributed by atoms with Crippen molar-refractivity contribution in [1.29, 1.82) is 0 Å². The Morgan fingerprint density at radius 1 is 1.25 bits per heavy atom. The van der Waals surface area contributed by atoms with Crippen LogP contribution in [-0.4, -0.2) is 11.9 Å². The van der Waals surface area contributed by atoms with E-state index in [0.717, 1.165) is 12.8 Å². The molecule has 4 heteroatoms. The van der Waals surface area contributed by atoms with Crippen LogP contribution in [0.25, 0.3) is 0 Å². The Hall–Kier alpha value is -1.84. The molecule has 0 aliphatic rings. The summed E-state index contributed by atoms with van der Waals surface area (Å²) in [5.41, 5.74) is 0.0633. The number of esters is 1. The van der Waals surface area contributed by atoms with Gasteiger partial charge in [0.25, 0.3) is 0 Å². The van der Waals surface area contributed by atoms with Crippen LogP contribution in [0.2, 0.25) is 0 Å². The van der Waals surface area contributed by atoms with Crippen LogP contribution in [0.3, 0.4) is 0 Å². The summed E-state index contributed by atoms with van der Waals surface area (Å²) in [6.45, 7) is 1.99. The van der Waals surface area contributed by atoms with Gasteiger partial charge in [-0.1, -0.05) is 13.3 Å². The quantitative estimate of drug-likeness (QED) is 0.552. The number of hydrogen-bond acceptors (Lipinski definition) is 4. The number of carboxylic acid groups (broad SMARTS) is 1. The van der Waals surface area contributed by atoms with Crippen molar-refractivity contribution < 1.29 is 19.4 Å². The molecule has 0 amide bonds. The van der Waals surface area contributed by atoms with Gasteiger partial charge in [0, 0.05) is 6.42 Å². The topological polar surface area (TPSA) is 66.4 Å². The lowest BCUT2D eigenvalue weighted by molar-refractivity contribution is -0.255. The van der Waals surface area contributed by atoms with Gasteiger partial charge in [0.05, 0.1) is 5.97 Å². The maximum absolute atomic E-state index is 11.2. The first-order chi connectivity index (χ1) is 7.63. The Morgan fingerprint density at radius 2 is 1.88 bits per heavy atom. The molecule has 16 heavy (non-hydrogen) atoms. The van der Waals surface area contributed by atoms with E-state index in [9.17, 15) is 14.7 Å². The molecule has 0 aromatic heterocycles. The molecule has 0 bridgehead atoms. The lowest BCUT2D eigenvalue weighted by atomic mass is 10.2. The second-order valence-electron chi connectivity index (χ2n) is 3.39. The molecule has 86 valence electrons. The Balaban J connectivity index is 2.55. The molecule has 0 aliphatic carbocycles. The van der Waals surface area contributed by atoms with E-state index in [0.29, 0.717) is 12.2 Å². The van der Waals surface area contributed by atoms with Gasteiger partial charge in [0.1, 0.15) is 5.75 Å². The first-order valence-electron chi connectivity index (χ1n) is 5.15. The zero-order valence-corrected chi connectivity index (χ0v) is 9.06. The van der Waals surface area contributed by atoms with Gasteiger partial charge in [-0.3, -0.25) is 4.79 Å². The largest absolute Gasteiger partial charge is 0.545 e. The maximum Gasteiger partial charge on any atom is 0.311 e. The first kappa shape index (κ1) is 12.2. The third-order valence-corrected chi connectivity index (χ3v) is 2.06. The highest BCUT2D eigenvalue weighted by Gasteiger charge is 2.03. The predicted octanol–water partition coefficient (Wildman–Crippen LogP) is 1.15. The molecule has 0 spiro atoms. The minimum Gasteiger partial charge on any atom is -0.545 e. The summed E-state index contributed by atoms with van der Waals surface area (Å²) in [5, 5.41) is 10.5. The molecule has 0 heterocycles. The van der Waals surface area contributed by atoms with E-state index in [1.165, 1.54) is 24.3 Å². The number of unbranched alkanes of at least 4 members (excludes halogenated alkanes) is 1. The smallest absolute Gasteiger partial charge is 0.311 e. The van der Waals surface area contributed by atoms with Crippen molar-refractivity contribution in [3.63, 3.8) is 0 Å². The summed E-state index contributed by atoms with van der Waals surface area (Å²) in [7, 11) is 0. The van der Waals surface area contributed by atoms with Gasteiger partial charge in [-0.2, -0.15) is 0 Å². The number of rotatable bonds is 5. The molecule has 1 aromatic carbocycles. The summed E-state index contributed by atoms with van der Waals surface area (Å²) >= 11 is 0. The summed E-state index contributed by atoms with van der Waals surface area (Å²) in [5.74, 6) is -1.20. The number of carbonyl (C=O) groups excluding carboxylic acids is 2. The molecule has 0 fully saturated rings. The van der Waals surface area contributed by atoms with Gasteiger partial charge in [-0.15, -0.1) is 0 Å². The van der Waals surface area contributed by atoms with Crippen LogP contribution in [0.1, 0.15) is 36.5 Å². The van der Waals surface area contributed by atoms with E-state index in [-0.39, 0.29) is 11.5 Å².